The lowest BCUT2D eigenvalue weighted by Crippen LogP contribution is -1.91. The van der Waals surface area contributed by atoms with Crippen LogP contribution in [0.2, 0.25) is 0 Å². The number of nitrogens with one attached hydrogen (secondary N) is 1. The maximum Gasteiger partial charge on any atom is 0.371 e. The summed E-state index contributed by atoms with van der Waals surface area (Å²) < 4.78 is 4.96. The highest BCUT2D eigenvalue weighted by molar-refractivity contribution is 9.10. The van der Waals surface area contributed by atoms with Gasteiger partial charge in [-0.3, -0.25) is 0 Å². The van der Waals surface area contributed by atoms with Gasteiger partial charge in [0, 0.05) is 0 Å². The van der Waals surface area contributed by atoms with E-state index in [1.807, 2.05) is 6.92 Å². The molecule has 1 aromatic heterocycles. The summed E-state index contributed by atoms with van der Waals surface area (Å²) in [7, 11) is 0. The van der Waals surface area contributed by atoms with Gasteiger partial charge in [-0.2, -0.15) is 0 Å². The van der Waals surface area contributed by atoms with Gasteiger partial charge < -0.3 is 4.52 Å². The molecule has 0 saturated heterocycles. The summed E-state index contributed by atoms with van der Waals surface area (Å²) in [6.07, 6.45) is 0.770. The fourth-order valence-corrected chi connectivity index (χ4v) is 0.990. The Labute approximate surface area is 60.2 Å². The lowest BCUT2D eigenvalue weighted by Gasteiger charge is -1.82. The Morgan fingerprint density at radius 3 is 2.67 bits per heavy atom. The fraction of sp³-hybridized carbons (Fsp3) is 0.400. The zero-order valence-electron chi connectivity index (χ0n) is 4.90. The first kappa shape index (κ1) is 6.61. The van der Waals surface area contributed by atoms with Crippen molar-refractivity contribution in [3.05, 3.63) is 20.6 Å². The van der Waals surface area contributed by atoms with Crippen LogP contribution in [0.15, 0.2) is 13.8 Å². The molecule has 1 aromatic rings. The van der Waals surface area contributed by atoms with Gasteiger partial charge >= 0.3 is 5.63 Å². The summed E-state index contributed by atoms with van der Waals surface area (Å²) in [6, 6.07) is 0. The summed E-state index contributed by atoms with van der Waals surface area (Å²) in [5.41, 5.74) is 0.465. The van der Waals surface area contributed by atoms with Gasteiger partial charge in [-0.15, -0.1) is 0 Å². The Morgan fingerprint density at radius 1 is 1.78 bits per heavy atom. The molecule has 0 atom stereocenters. The molecule has 0 amide bonds. The second-order valence-electron chi connectivity index (χ2n) is 1.64. The van der Waals surface area contributed by atoms with Crippen molar-refractivity contribution in [3.63, 3.8) is 0 Å². The van der Waals surface area contributed by atoms with Crippen LogP contribution in [0.25, 0.3) is 0 Å². The molecule has 0 bridgehead atoms. The molecule has 4 heteroatoms. The zero-order valence-corrected chi connectivity index (χ0v) is 6.49. The van der Waals surface area contributed by atoms with Gasteiger partial charge in [0.25, 0.3) is 0 Å². The normalized spacial score (nSPS) is 10.0. The van der Waals surface area contributed by atoms with E-state index in [0.29, 0.717) is 4.47 Å². The maximum atomic E-state index is 10.6. The average molecular weight is 192 g/mol. The number of H-pyrrole nitrogens is 1. The number of aromatic amines is 1. The van der Waals surface area contributed by atoms with E-state index in [4.69, 9.17) is 0 Å². The zero-order chi connectivity index (χ0) is 6.85. The van der Waals surface area contributed by atoms with Gasteiger partial charge in [0.1, 0.15) is 4.47 Å². The minimum absolute atomic E-state index is 0.341. The summed E-state index contributed by atoms with van der Waals surface area (Å²) in [5, 5.41) is 2.49. The lowest BCUT2D eigenvalue weighted by molar-refractivity contribution is 0.385. The predicted octanol–water partition coefficient (Wildman–Crippen LogP) is 1.29. The quantitative estimate of drug-likeness (QED) is 0.728. The minimum Gasteiger partial charge on any atom is -0.338 e. The molecule has 50 valence electrons. The van der Waals surface area contributed by atoms with Crippen LogP contribution in [0, 0.1) is 0 Å². The molecule has 0 spiro atoms. The van der Waals surface area contributed by atoms with Crippen molar-refractivity contribution in [2.24, 2.45) is 0 Å². The molecule has 1 N–H and O–H groups in total. The molecule has 0 fully saturated rings. The lowest BCUT2D eigenvalue weighted by atomic mass is 10.3. The molecule has 0 radical (unpaired) electrons. The first-order valence-corrected chi connectivity index (χ1v) is 3.41. The Bertz CT molecular complexity index is 250. The molecule has 0 aliphatic rings. The van der Waals surface area contributed by atoms with Gasteiger partial charge in [-0.25, -0.2) is 9.95 Å². The Hall–Kier alpha value is -0.510. The van der Waals surface area contributed by atoms with E-state index in [1.54, 1.807) is 0 Å². The first-order valence-electron chi connectivity index (χ1n) is 2.61. The third kappa shape index (κ3) is 1.08. The highest BCUT2D eigenvalue weighted by Gasteiger charge is 2.04. The van der Waals surface area contributed by atoms with Gasteiger partial charge in [0.15, 0.2) is 0 Å². The first-order chi connectivity index (χ1) is 4.25. The summed E-state index contributed by atoms with van der Waals surface area (Å²) >= 11 is 3.07. The van der Waals surface area contributed by atoms with Crippen LogP contribution in [0.3, 0.4) is 0 Å². The number of hydrogen-bond donors (Lipinski definition) is 1. The topological polar surface area (TPSA) is 46.0 Å². The number of aryl methyl sites for hydroxylation is 1. The molecule has 1 heterocycles. The van der Waals surface area contributed by atoms with Crippen molar-refractivity contribution >= 4 is 15.9 Å². The van der Waals surface area contributed by atoms with Gasteiger partial charge in [-0.1, -0.05) is 6.92 Å². The number of aromatic nitrogens is 1. The van der Waals surface area contributed by atoms with E-state index in [-0.39, 0.29) is 5.63 Å². The monoisotopic (exact) mass is 191 g/mol. The van der Waals surface area contributed by atoms with Crippen LogP contribution in [-0.2, 0) is 6.42 Å². The summed E-state index contributed by atoms with van der Waals surface area (Å²) in [6.45, 7) is 1.94. The molecule has 0 saturated carbocycles. The van der Waals surface area contributed by atoms with Crippen LogP contribution >= 0.6 is 15.9 Å². The van der Waals surface area contributed by atoms with Crippen molar-refractivity contribution in [3.8, 4) is 0 Å². The van der Waals surface area contributed by atoms with E-state index in [2.05, 4.69) is 25.6 Å². The molecule has 9 heavy (non-hydrogen) atoms. The van der Waals surface area contributed by atoms with Crippen LogP contribution in [-0.4, -0.2) is 5.16 Å². The maximum absolute atomic E-state index is 10.6. The van der Waals surface area contributed by atoms with Crippen LogP contribution < -0.4 is 5.63 Å². The second-order valence-corrected chi connectivity index (χ2v) is 2.43. The molecular weight excluding hydrogens is 186 g/mol. The highest BCUT2D eigenvalue weighted by Crippen LogP contribution is 2.08. The fourth-order valence-electron chi connectivity index (χ4n) is 0.548. The molecule has 0 aliphatic carbocycles. The third-order valence-corrected chi connectivity index (χ3v) is 1.87. The van der Waals surface area contributed by atoms with E-state index >= 15 is 0 Å². The van der Waals surface area contributed by atoms with Crippen molar-refractivity contribution in [2.75, 3.05) is 0 Å². The molecule has 0 aliphatic heterocycles. The molecule has 0 aromatic carbocycles. The van der Waals surface area contributed by atoms with Crippen molar-refractivity contribution < 1.29 is 4.52 Å². The number of halogens is 1. The van der Waals surface area contributed by atoms with Crippen LogP contribution in [0.4, 0.5) is 0 Å². The largest absolute Gasteiger partial charge is 0.371 e. The van der Waals surface area contributed by atoms with Crippen LogP contribution in [0.5, 0.6) is 0 Å². The van der Waals surface area contributed by atoms with Gasteiger partial charge in [0.05, 0.1) is 5.69 Å². The van der Waals surface area contributed by atoms with Gasteiger partial charge in [0.2, 0.25) is 0 Å². The van der Waals surface area contributed by atoms with E-state index < -0.39 is 0 Å². The Morgan fingerprint density at radius 2 is 2.44 bits per heavy atom. The summed E-state index contributed by atoms with van der Waals surface area (Å²) in [4.78, 5) is 10.6. The van der Waals surface area contributed by atoms with E-state index in [0.717, 1.165) is 12.1 Å². The van der Waals surface area contributed by atoms with Crippen LogP contribution in [0.1, 0.15) is 12.6 Å². The molecular formula is C5H6BrNO2. The molecule has 3 nitrogen and oxygen atoms in total. The number of hydrogen-bond acceptors (Lipinski definition) is 2. The minimum atomic E-state index is -0.341. The molecule has 0 unspecified atom stereocenters. The molecule has 1 rings (SSSR count). The highest BCUT2D eigenvalue weighted by atomic mass is 79.9. The van der Waals surface area contributed by atoms with Gasteiger partial charge in [-0.05, 0) is 22.4 Å². The standard InChI is InChI=1S/C5H6BrNO2/c1-2-3-4(6)5(8)9-7-3/h7H,2H2,1H3. The second kappa shape index (κ2) is 2.39. The predicted molar refractivity (Wildman–Crippen MR) is 36.4 cm³/mol. The Balaban J connectivity index is 3.20. The van der Waals surface area contributed by atoms with Crippen molar-refractivity contribution in [2.45, 2.75) is 13.3 Å². The Kier molecular flexibility index (Phi) is 1.75. The van der Waals surface area contributed by atoms with E-state index in [1.165, 1.54) is 0 Å². The SMILES string of the molecule is CCc1[nH]oc(=O)c1Br. The third-order valence-electron chi connectivity index (χ3n) is 1.06. The number of rotatable bonds is 1. The van der Waals surface area contributed by atoms with Crippen molar-refractivity contribution in [1.29, 1.82) is 0 Å². The van der Waals surface area contributed by atoms with Crippen molar-refractivity contribution in [1.82, 2.24) is 5.16 Å². The summed E-state index contributed by atoms with van der Waals surface area (Å²) in [5.74, 6) is 0. The smallest absolute Gasteiger partial charge is 0.338 e. The average Bonchev–Trinajstić information content (AvgIpc) is 2.15. The van der Waals surface area contributed by atoms with E-state index in [9.17, 15) is 4.79 Å².